The molecule has 12 nitrogen and oxygen atoms in total. The zero-order valence-electron chi connectivity index (χ0n) is 30.0. The van der Waals surface area contributed by atoms with Crippen LogP contribution in [0.2, 0.25) is 0 Å². The smallest absolute Gasteiger partial charge is 0.413 e. The van der Waals surface area contributed by atoms with E-state index >= 15 is 4.79 Å². The Kier molecular flexibility index (Phi) is 10.7. The highest BCUT2D eigenvalue weighted by atomic mass is 31.2. The maximum Gasteiger partial charge on any atom is 0.413 e. The highest BCUT2D eigenvalue weighted by molar-refractivity contribution is 7.53. The summed E-state index contributed by atoms with van der Waals surface area (Å²) in [6.07, 6.45) is -2.63. The van der Waals surface area contributed by atoms with E-state index in [1.807, 2.05) is 66.7 Å². The molecule has 0 bridgehead atoms. The number of nitrogen functional groups attached to an aromatic ring is 2. The van der Waals surface area contributed by atoms with Crippen LogP contribution >= 0.6 is 7.60 Å². The van der Waals surface area contributed by atoms with Gasteiger partial charge in [-0.1, -0.05) is 97.1 Å². The molecule has 1 aliphatic carbocycles. The molecule has 7 rings (SSSR count). The lowest BCUT2D eigenvalue weighted by Crippen LogP contribution is -2.52. The van der Waals surface area contributed by atoms with Gasteiger partial charge in [-0.05, 0) is 71.5 Å². The van der Waals surface area contributed by atoms with Crippen LogP contribution in [-0.4, -0.2) is 66.9 Å². The Morgan fingerprint density at radius 3 is 2.13 bits per heavy atom. The summed E-state index contributed by atoms with van der Waals surface area (Å²) >= 11 is 0. The van der Waals surface area contributed by atoms with Crippen LogP contribution in [0.15, 0.2) is 133 Å². The topological polar surface area (TPSA) is 196 Å². The Balaban J connectivity index is 1.25. The summed E-state index contributed by atoms with van der Waals surface area (Å²) in [6.45, 7) is 0.0506. The maximum absolute atomic E-state index is 15.3. The molecule has 284 valence electrons. The number of anilines is 1. The van der Waals surface area contributed by atoms with Crippen LogP contribution in [-0.2, 0) is 24.1 Å². The van der Waals surface area contributed by atoms with Gasteiger partial charge in [0.2, 0.25) is 0 Å². The predicted octanol–water partition coefficient (Wildman–Crippen LogP) is 5.85. The minimum atomic E-state index is -4.19. The van der Waals surface area contributed by atoms with Crippen molar-refractivity contribution < 1.29 is 33.7 Å². The zero-order chi connectivity index (χ0) is 38.7. The van der Waals surface area contributed by atoms with E-state index < -0.39 is 43.8 Å². The average molecular weight is 762 g/mol. The summed E-state index contributed by atoms with van der Waals surface area (Å²) in [7, 11) is -4.19. The van der Waals surface area contributed by atoms with Gasteiger partial charge in [-0.2, -0.15) is 0 Å². The number of benzene rings is 5. The number of aliphatic hydroxyl groups is 2. The standard InChI is InChI=1S/C42H44N5O7P/c43-36-20-19-30(22-34(36)40(44)45)25-46-37(23-28-11-4-1-5-12-28)38(48)39(49)42(24-35(42)31-14-6-2-7-15-31)47(41(46)50)26-29-13-10-18-33(21-29)53-27-55(51,52)54-32-16-8-3-9-17-32/h1-22,35,37-39,48-49H,23-27,43H2,(H3,44,45)(H,51,52)/t35?,37-,38+,39-,42?/m1/s1. The summed E-state index contributed by atoms with van der Waals surface area (Å²) < 4.78 is 23.9. The van der Waals surface area contributed by atoms with E-state index in [1.54, 1.807) is 76.5 Å². The number of ether oxygens (including phenoxy) is 1. The van der Waals surface area contributed by atoms with Crippen molar-refractivity contribution in [1.82, 2.24) is 9.80 Å². The Labute approximate surface area is 319 Å². The molecule has 6 atom stereocenters. The lowest BCUT2D eigenvalue weighted by Gasteiger charge is -2.37. The largest absolute Gasteiger partial charge is 0.480 e. The van der Waals surface area contributed by atoms with Crippen molar-refractivity contribution in [2.24, 2.45) is 5.73 Å². The fourth-order valence-electron chi connectivity index (χ4n) is 7.67. The fraction of sp³-hybridized carbons (Fsp3) is 0.238. The molecule has 55 heavy (non-hydrogen) atoms. The molecule has 1 spiro atoms. The number of para-hydroxylation sites is 1. The van der Waals surface area contributed by atoms with Crippen LogP contribution in [0.3, 0.4) is 0 Å². The molecule has 13 heteroatoms. The number of nitrogens with zero attached hydrogens (tertiary/aromatic N) is 2. The number of hydrogen-bond acceptors (Lipinski definition) is 8. The summed E-state index contributed by atoms with van der Waals surface area (Å²) in [5.74, 6) is 0.0253. The third-order valence-corrected chi connectivity index (χ3v) is 11.4. The first kappa shape index (κ1) is 37.7. The number of nitrogens with two attached hydrogens (primary N) is 2. The predicted molar refractivity (Wildman–Crippen MR) is 210 cm³/mol. The Hall–Kier alpha value is -5.65. The molecular weight excluding hydrogens is 717 g/mol. The maximum atomic E-state index is 15.3. The summed E-state index contributed by atoms with van der Waals surface area (Å²) in [4.78, 5) is 29.1. The van der Waals surface area contributed by atoms with Gasteiger partial charge in [0.1, 0.15) is 29.5 Å². The Morgan fingerprint density at radius 1 is 0.818 bits per heavy atom. The van der Waals surface area contributed by atoms with Gasteiger partial charge in [0.05, 0.1) is 11.6 Å². The highest BCUT2D eigenvalue weighted by Gasteiger charge is 2.68. The molecule has 1 saturated carbocycles. The van der Waals surface area contributed by atoms with Crippen molar-refractivity contribution in [3.05, 3.63) is 161 Å². The number of carbonyl (C=O) groups is 1. The van der Waals surface area contributed by atoms with Gasteiger partial charge in [-0.25, -0.2) is 9.36 Å². The van der Waals surface area contributed by atoms with Gasteiger partial charge in [-0.15, -0.1) is 0 Å². The van der Waals surface area contributed by atoms with Crippen molar-refractivity contribution in [1.29, 1.82) is 5.41 Å². The molecule has 0 radical (unpaired) electrons. The molecule has 1 heterocycles. The minimum absolute atomic E-state index is 0.0233. The number of carbonyl (C=O) groups excluding carboxylic acids is 1. The first-order valence-electron chi connectivity index (χ1n) is 18.0. The van der Waals surface area contributed by atoms with Crippen LogP contribution in [0.4, 0.5) is 10.5 Å². The quantitative estimate of drug-likeness (QED) is 0.0369. The van der Waals surface area contributed by atoms with E-state index in [0.29, 0.717) is 28.8 Å². The summed E-state index contributed by atoms with van der Waals surface area (Å²) in [5, 5.41) is 32.6. The number of amides is 2. The molecule has 2 fully saturated rings. The molecular formula is C42H44N5O7P. The second-order valence-electron chi connectivity index (χ2n) is 14.1. The SMILES string of the molecule is N=C(N)c1cc(CN2C(=O)N(Cc3cccc(OCP(=O)(O)Oc4ccccc4)c3)C3(CC3c3ccccc3)[C@H](O)[C@@H](O)[C@H]2Cc2ccccc2)ccc1N. The van der Waals surface area contributed by atoms with Gasteiger partial charge < -0.3 is 45.6 Å². The lowest BCUT2D eigenvalue weighted by atomic mass is 9.90. The van der Waals surface area contributed by atoms with E-state index in [0.717, 1.165) is 11.1 Å². The van der Waals surface area contributed by atoms with Gasteiger partial charge >= 0.3 is 13.6 Å². The molecule has 1 saturated heterocycles. The van der Waals surface area contributed by atoms with E-state index in [-0.39, 0.29) is 42.8 Å². The summed E-state index contributed by atoms with van der Waals surface area (Å²) in [5.41, 5.74) is 14.5. The van der Waals surface area contributed by atoms with Crippen LogP contribution in [0, 0.1) is 5.41 Å². The van der Waals surface area contributed by atoms with Crippen LogP contribution in [0.1, 0.15) is 40.2 Å². The molecule has 0 aromatic heterocycles. The molecule has 1 aliphatic heterocycles. The number of hydrogen-bond donors (Lipinski definition) is 6. The van der Waals surface area contributed by atoms with Gasteiger partial charge in [-0.3, -0.25) is 5.41 Å². The number of urea groups is 1. The number of amidine groups is 1. The zero-order valence-corrected chi connectivity index (χ0v) is 30.9. The van der Waals surface area contributed by atoms with Crippen LogP contribution in [0.25, 0.3) is 0 Å². The van der Waals surface area contributed by atoms with Crippen molar-refractivity contribution in [2.75, 3.05) is 12.1 Å². The molecule has 5 aromatic rings. The molecule has 2 aliphatic rings. The second-order valence-corrected chi connectivity index (χ2v) is 15.9. The monoisotopic (exact) mass is 761 g/mol. The molecule has 5 aromatic carbocycles. The van der Waals surface area contributed by atoms with Crippen molar-refractivity contribution >= 4 is 25.1 Å². The normalized spacial score (nSPS) is 23.1. The van der Waals surface area contributed by atoms with E-state index in [9.17, 15) is 19.7 Å². The van der Waals surface area contributed by atoms with E-state index in [4.69, 9.17) is 26.1 Å². The van der Waals surface area contributed by atoms with Crippen LogP contribution < -0.4 is 20.7 Å². The Bertz CT molecular complexity index is 2200. The average Bonchev–Trinajstić information content (AvgIpc) is 3.95. The van der Waals surface area contributed by atoms with Gasteiger partial charge in [0, 0.05) is 30.3 Å². The number of aliphatic hydroxyl groups excluding tert-OH is 2. The highest BCUT2D eigenvalue weighted by Crippen LogP contribution is 2.60. The van der Waals surface area contributed by atoms with Crippen molar-refractivity contribution in [3.63, 3.8) is 0 Å². The lowest BCUT2D eigenvalue weighted by molar-refractivity contribution is -0.0502. The number of nitrogens with one attached hydrogen (secondary N) is 1. The van der Waals surface area contributed by atoms with Gasteiger partial charge in [0.25, 0.3) is 0 Å². The third kappa shape index (κ3) is 8.08. The van der Waals surface area contributed by atoms with Crippen molar-refractivity contribution in [2.45, 2.75) is 55.6 Å². The third-order valence-electron chi connectivity index (χ3n) is 10.5. The second kappa shape index (κ2) is 15.6. The van der Waals surface area contributed by atoms with E-state index in [2.05, 4.69) is 0 Å². The molecule has 2 amide bonds. The summed E-state index contributed by atoms with van der Waals surface area (Å²) in [6, 6.07) is 38.1. The van der Waals surface area contributed by atoms with Crippen molar-refractivity contribution in [3.8, 4) is 11.5 Å². The Morgan fingerprint density at radius 2 is 1.44 bits per heavy atom. The van der Waals surface area contributed by atoms with Crippen LogP contribution in [0.5, 0.6) is 11.5 Å². The first-order chi connectivity index (χ1) is 26.4. The number of rotatable bonds is 13. The molecule has 8 N–H and O–H groups in total. The van der Waals surface area contributed by atoms with Gasteiger partial charge in [0.15, 0.2) is 6.35 Å². The first-order valence-corrected chi connectivity index (χ1v) is 19.8. The minimum Gasteiger partial charge on any atom is -0.480 e. The molecule has 3 unspecified atom stereocenters. The fourth-order valence-corrected chi connectivity index (χ4v) is 8.49. The van der Waals surface area contributed by atoms with E-state index in [1.165, 1.54) is 0 Å².